The predicted molar refractivity (Wildman–Crippen MR) is 96.8 cm³/mol. The van der Waals surface area contributed by atoms with Gasteiger partial charge >= 0.3 is 0 Å². The normalized spacial score (nSPS) is 18.9. The van der Waals surface area contributed by atoms with Crippen LogP contribution in [0.5, 0.6) is 0 Å². The maximum atomic E-state index is 6.46. The van der Waals surface area contributed by atoms with Gasteiger partial charge in [-0.3, -0.25) is 0 Å². The highest BCUT2D eigenvalue weighted by Gasteiger charge is 2.25. The number of nitrogens with zero attached hydrogens (tertiary/aromatic N) is 1. The molecule has 0 radical (unpaired) electrons. The Morgan fingerprint density at radius 3 is 2.81 bits per heavy atom. The van der Waals surface area contributed by atoms with Crippen LogP contribution >= 0.6 is 23.4 Å². The lowest BCUT2D eigenvalue weighted by Crippen LogP contribution is -2.29. The van der Waals surface area contributed by atoms with Crippen LogP contribution in [0.15, 0.2) is 18.2 Å². The van der Waals surface area contributed by atoms with Crippen molar-refractivity contribution < 1.29 is 0 Å². The van der Waals surface area contributed by atoms with Crippen LogP contribution < -0.4 is 10.2 Å². The van der Waals surface area contributed by atoms with Gasteiger partial charge in [-0.1, -0.05) is 45.4 Å². The Labute approximate surface area is 138 Å². The summed E-state index contributed by atoms with van der Waals surface area (Å²) in [5.74, 6) is 1.18. The second kappa shape index (κ2) is 7.26. The van der Waals surface area contributed by atoms with Crippen molar-refractivity contribution in [1.82, 2.24) is 5.32 Å². The van der Waals surface area contributed by atoms with E-state index in [1.54, 1.807) is 0 Å². The van der Waals surface area contributed by atoms with Crippen LogP contribution in [0.2, 0.25) is 5.02 Å². The molecule has 1 aromatic carbocycles. The minimum atomic E-state index is 0.379. The molecule has 1 N–H and O–H groups in total. The van der Waals surface area contributed by atoms with Crippen LogP contribution in [0.4, 0.5) is 5.69 Å². The topological polar surface area (TPSA) is 15.3 Å². The first-order valence-electron chi connectivity index (χ1n) is 7.79. The molecule has 2 nitrogen and oxygen atoms in total. The molecule has 4 heteroatoms. The van der Waals surface area contributed by atoms with E-state index in [-0.39, 0.29) is 0 Å². The monoisotopic (exact) mass is 326 g/mol. The number of hydrogen-bond acceptors (Lipinski definition) is 3. The number of rotatable bonds is 4. The van der Waals surface area contributed by atoms with Gasteiger partial charge in [-0.05, 0) is 18.6 Å². The van der Waals surface area contributed by atoms with Gasteiger partial charge in [0.15, 0.2) is 0 Å². The van der Waals surface area contributed by atoms with Crippen LogP contribution in [-0.2, 0) is 6.54 Å². The summed E-state index contributed by atoms with van der Waals surface area (Å²) in [6.45, 7) is 12.1. The molecule has 0 atom stereocenters. The molecule has 1 aliphatic heterocycles. The van der Waals surface area contributed by atoms with Gasteiger partial charge in [0, 0.05) is 52.4 Å². The summed E-state index contributed by atoms with van der Waals surface area (Å²) in [5.41, 5.74) is 2.53. The molecule has 0 bridgehead atoms. The van der Waals surface area contributed by atoms with E-state index < -0.39 is 0 Å². The quantitative estimate of drug-likeness (QED) is 0.873. The lowest BCUT2D eigenvalue weighted by atomic mass is 10.1. The maximum Gasteiger partial charge on any atom is 0.0471 e. The fraction of sp³-hybridized carbons (Fsp3) is 0.647. The Hall–Kier alpha value is -0.380. The smallest absolute Gasteiger partial charge is 0.0471 e. The SMILES string of the molecule is CC(C)NCc1c(Cl)cccc1N1CCSC(C)(C)CC1. The van der Waals surface area contributed by atoms with E-state index in [0.29, 0.717) is 10.8 Å². The average Bonchev–Trinajstić information content (AvgIpc) is 2.58. The molecule has 2 rings (SSSR count). The Kier molecular flexibility index (Phi) is 5.87. The Bertz CT molecular complexity index is 474. The molecule has 1 heterocycles. The molecule has 0 saturated carbocycles. The van der Waals surface area contributed by atoms with Gasteiger partial charge in [-0.2, -0.15) is 11.8 Å². The number of anilines is 1. The molecule has 1 fully saturated rings. The highest BCUT2D eigenvalue weighted by molar-refractivity contribution is 8.00. The standard InChI is InChI=1S/C17H27ClN2S/c1-13(2)19-12-14-15(18)6-5-7-16(14)20-9-8-17(3,4)21-11-10-20/h5-7,13,19H,8-12H2,1-4H3. The van der Waals surface area contributed by atoms with E-state index >= 15 is 0 Å². The van der Waals surface area contributed by atoms with E-state index in [2.05, 4.69) is 61.8 Å². The zero-order valence-corrected chi connectivity index (χ0v) is 15.2. The predicted octanol–water partition coefficient (Wildman–Crippen LogP) is 4.56. The number of nitrogens with one attached hydrogen (secondary N) is 1. The summed E-state index contributed by atoms with van der Waals surface area (Å²) in [7, 11) is 0. The zero-order valence-electron chi connectivity index (χ0n) is 13.6. The number of hydrogen-bond donors (Lipinski definition) is 1. The van der Waals surface area contributed by atoms with Gasteiger partial charge in [-0.25, -0.2) is 0 Å². The number of thioether (sulfide) groups is 1. The second-order valence-electron chi connectivity index (χ2n) is 6.62. The van der Waals surface area contributed by atoms with Gasteiger partial charge in [0.1, 0.15) is 0 Å². The van der Waals surface area contributed by atoms with Crippen molar-refractivity contribution in [2.45, 2.75) is 51.4 Å². The summed E-state index contributed by atoms with van der Waals surface area (Å²) in [4.78, 5) is 2.50. The van der Waals surface area contributed by atoms with Crippen LogP contribution in [0.1, 0.15) is 39.7 Å². The molecule has 21 heavy (non-hydrogen) atoms. The zero-order chi connectivity index (χ0) is 15.5. The van der Waals surface area contributed by atoms with Crippen molar-refractivity contribution >= 4 is 29.1 Å². The average molecular weight is 327 g/mol. The molecule has 0 aromatic heterocycles. The first kappa shape index (κ1) is 17.0. The van der Waals surface area contributed by atoms with Crippen LogP contribution in [0.25, 0.3) is 0 Å². The summed E-state index contributed by atoms with van der Waals surface area (Å²) in [6.07, 6.45) is 1.21. The van der Waals surface area contributed by atoms with Gasteiger partial charge in [0.25, 0.3) is 0 Å². The Morgan fingerprint density at radius 2 is 2.10 bits per heavy atom. The number of benzene rings is 1. The molecule has 0 spiro atoms. The van der Waals surface area contributed by atoms with Crippen molar-refractivity contribution in [2.75, 3.05) is 23.7 Å². The molecular weight excluding hydrogens is 300 g/mol. The van der Waals surface area contributed by atoms with Crippen molar-refractivity contribution in [1.29, 1.82) is 0 Å². The second-order valence-corrected chi connectivity index (χ2v) is 8.83. The molecule has 118 valence electrons. The Morgan fingerprint density at radius 1 is 1.33 bits per heavy atom. The van der Waals surface area contributed by atoms with Gasteiger partial charge in [0.2, 0.25) is 0 Å². The molecule has 1 saturated heterocycles. The van der Waals surface area contributed by atoms with Crippen molar-refractivity contribution in [3.63, 3.8) is 0 Å². The minimum Gasteiger partial charge on any atom is -0.370 e. The van der Waals surface area contributed by atoms with Gasteiger partial charge < -0.3 is 10.2 Å². The van der Waals surface area contributed by atoms with Crippen LogP contribution in [0.3, 0.4) is 0 Å². The third kappa shape index (κ3) is 4.80. The van der Waals surface area contributed by atoms with E-state index in [0.717, 1.165) is 24.7 Å². The van der Waals surface area contributed by atoms with Crippen LogP contribution in [-0.4, -0.2) is 29.6 Å². The highest BCUT2D eigenvalue weighted by atomic mass is 35.5. The van der Waals surface area contributed by atoms with Crippen molar-refractivity contribution in [2.24, 2.45) is 0 Å². The molecular formula is C17H27ClN2S. The lowest BCUT2D eigenvalue weighted by Gasteiger charge is -2.27. The largest absolute Gasteiger partial charge is 0.370 e. The molecule has 0 unspecified atom stereocenters. The first-order valence-corrected chi connectivity index (χ1v) is 9.15. The first-order chi connectivity index (χ1) is 9.89. The van der Waals surface area contributed by atoms with Crippen molar-refractivity contribution in [3.05, 3.63) is 28.8 Å². The summed E-state index contributed by atoms with van der Waals surface area (Å²) < 4.78 is 0.379. The number of halogens is 1. The highest BCUT2D eigenvalue weighted by Crippen LogP contribution is 2.34. The van der Waals surface area contributed by atoms with E-state index in [4.69, 9.17) is 11.6 Å². The third-order valence-corrected chi connectivity index (χ3v) is 5.69. The summed E-state index contributed by atoms with van der Waals surface area (Å²) >= 11 is 8.53. The van der Waals surface area contributed by atoms with Crippen LogP contribution in [0, 0.1) is 0 Å². The van der Waals surface area contributed by atoms with Gasteiger partial charge in [0.05, 0.1) is 0 Å². The third-order valence-electron chi connectivity index (χ3n) is 3.96. The molecule has 1 aromatic rings. The molecule has 0 aliphatic carbocycles. The van der Waals surface area contributed by atoms with E-state index in [1.165, 1.54) is 23.4 Å². The summed E-state index contributed by atoms with van der Waals surface area (Å²) in [5, 5.41) is 4.37. The molecule has 0 amide bonds. The fourth-order valence-electron chi connectivity index (χ4n) is 2.59. The molecule has 1 aliphatic rings. The van der Waals surface area contributed by atoms with E-state index in [1.807, 2.05) is 6.07 Å². The minimum absolute atomic E-state index is 0.379. The maximum absolute atomic E-state index is 6.46. The Balaban J connectivity index is 2.20. The lowest BCUT2D eigenvalue weighted by molar-refractivity contribution is 0.586. The van der Waals surface area contributed by atoms with E-state index in [9.17, 15) is 0 Å². The summed E-state index contributed by atoms with van der Waals surface area (Å²) in [6, 6.07) is 6.75. The fourth-order valence-corrected chi connectivity index (χ4v) is 3.92. The van der Waals surface area contributed by atoms with Crippen molar-refractivity contribution in [3.8, 4) is 0 Å². The van der Waals surface area contributed by atoms with Gasteiger partial charge in [-0.15, -0.1) is 0 Å².